The summed E-state index contributed by atoms with van der Waals surface area (Å²) in [5.74, 6) is 0.594. The Balaban J connectivity index is 1.90. The Bertz CT molecular complexity index is 768. The average Bonchev–Trinajstić information content (AvgIpc) is 3.04. The third-order valence-corrected chi connectivity index (χ3v) is 3.67. The minimum Gasteiger partial charge on any atom is -0.508 e. The monoisotopic (exact) mass is 320 g/mol. The molecular formula is C13H16N6O2S. The summed E-state index contributed by atoms with van der Waals surface area (Å²) in [5.41, 5.74) is 6.73. The van der Waals surface area contributed by atoms with Crippen molar-refractivity contribution in [1.29, 1.82) is 0 Å². The lowest BCUT2D eigenvalue weighted by molar-refractivity contribution is 0.450. The molecule has 1 aliphatic heterocycles. The lowest BCUT2D eigenvalue weighted by atomic mass is 10.1. The van der Waals surface area contributed by atoms with Crippen molar-refractivity contribution in [3.63, 3.8) is 0 Å². The van der Waals surface area contributed by atoms with Crippen LogP contribution in [0.3, 0.4) is 0 Å². The van der Waals surface area contributed by atoms with E-state index in [0.717, 1.165) is 6.42 Å². The number of benzene rings is 1. The SMILES string of the molecule is CC1CC(c2n[nH]c(=S)n2/N=C/c2ccc(O)cc2O)NN1. The fourth-order valence-electron chi connectivity index (χ4n) is 2.29. The molecule has 9 heteroatoms. The Morgan fingerprint density at radius 2 is 2.23 bits per heavy atom. The number of hydrazine groups is 1. The van der Waals surface area contributed by atoms with Crippen LogP contribution in [0.25, 0.3) is 0 Å². The fourth-order valence-corrected chi connectivity index (χ4v) is 2.47. The van der Waals surface area contributed by atoms with Crippen LogP contribution in [0.15, 0.2) is 23.3 Å². The number of nitrogens with zero attached hydrogens (tertiary/aromatic N) is 3. The highest BCUT2D eigenvalue weighted by molar-refractivity contribution is 7.71. The van der Waals surface area contributed by atoms with E-state index in [-0.39, 0.29) is 17.5 Å². The third-order valence-electron chi connectivity index (χ3n) is 3.41. The molecule has 0 bridgehead atoms. The minimum atomic E-state index is -0.0606. The van der Waals surface area contributed by atoms with Crippen LogP contribution < -0.4 is 10.9 Å². The highest BCUT2D eigenvalue weighted by atomic mass is 32.1. The molecule has 0 amide bonds. The molecule has 116 valence electrons. The zero-order valence-corrected chi connectivity index (χ0v) is 12.6. The summed E-state index contributed by atoms with van der Waals surface area (Å²) in [6.07, 6.45) is 2.33. The van der Waals surface area contributed by atoms with E-state index in [1.807, 2.05) is 0 Å². The van der Waals surface area contributed by atoms with E-state index in [4.69, 9.17) is 12.2 Å². The number of hydrogen-bond donors (Lipinski definition) is 5. The maximum absolute atomic E-state index is 9.77. The van der Waals surface area contributed by atoms with Crippen molar-refractivity contribution in [2.45, 2.75) is 25.4 Å². The molecule has 0 saturated carbocycles. The Morgan fingerprint density at radius 1 is 1.41 bits per heavy atom. The molecular weight excluding hydrogens is 304 g/mol. The quantitative estimate of drug-likeness (QED) is 0.429. The van der Waals surface area contributed by atoms with Crippen molar-refractivity contribution >= 4 is 18.4 Å². The maximum atomic E-state index is 9.77. The second-order valence-electron chi connectivity index (χ2n) is 5.16. The summed E-state index contributed by atoms with van der Waals surface area (Å²) in [7, 11) is 0. The Morgan fingerprint density at radius 3 is 2.91 bits per heavy atom. The van der Waals surface area contributed by atoms with Crippen LogP contribution in [0.4, 0.5) is 0 Å². The number of rotatable bonds is 3. The number of aromatic hydroxyl groups is 2. The first-order valence-electron chi connectivity index (χ1n) is 6.79. The van der Waals surface area contributed by atoms with E-state index in [9.17, 15) is 10.2 Å². The molecule has 1 aromatic carbocycles. The molecule has 0 spiro atoms. The van der Waals surface area contributed by atoms with Gasteiger partial charge in [-0.25, -0.2) is 5.43 Å². The second kappa shape index (κ2) is 5.87. The Labute approximate surface area is 131 Å². The predicted octanol–water partition coefficient (Wildman–Crippen LogP) is 1.16. The summed E-state index contributed by atoms with van der Waals surface area (Å²) in [6.45, 7) is 2.07. The van der Waals surface area contributed by atoms with E-state index < -0.39 is 0 Å². The van der Waals surface area contributed by atoms with Gasteiger partial charge in [-0.1, -0.05) is 0 Å². The number of phenols is 2. The number of phenolic OH excluding ortho intramolecular Hbond substituents is 2. The van der Waals surface area contributed by atoms with Gasteiger partial charge in [0.05, 0.1) is 12.3 Å². The van der Waals surface area contributed by atoms with Crippen molar-refractivity contribution in [1.82, 2.24) is 25.7 Å². The molecule has 5 N–H and O–H groups in total. The van der Waals surface area contributed by atoms with E-state index in [0.29, 0.717) is 22.2 Å². The summed E-state index contributed by atoms with van der Waals surface area (Å²) >= 11 is 5.19. The third kappa shape index (κ3) is 2.86. The lowest BCUT2D eigenvalue weighted by Gasteiger charge is -2.07. The van der Waals surface area contributed by atoms with Crippen molar-refractivity contribution in [2.75, 3.05) is 0 Å². The first kappa shape index (κ1) is 14.7. The summed E-state index contributed by atoms with van der Waals surface area (Å²) in [4.78, 5) is 0. The maximum Gasteiger partial charge on any atom is 0.216 e. The highest BCUT2D eigenvalue weighted by Gasteiger charge is 2.26. The summed E-state index contributed by atoms with van der Waals surface area (Å²) in [6, 6.07) is 4.61. The number of aromatic nitrogens is 3. The molecule has 22 heavy (non-hydrogen) atoms. The zero-order chi connectivity index (χ0) is 15.7. The number of H-pyrrole nitrogens is 1. The molecule has 2 atom stereocenters. The standard InChI is InChI=1S/C13H16N6O2S/c1-7-4-10(16-15-7)12-17-18-13(22)19(12)14-6-8-2-3-9(20)5-11(8)21/h2-3,5-7,10,15-16,20-21H,4H2,1H3,(H,18,22)/b14-6+. The minimum absolute atomic E-state index is 0.00600. The van der Waals surface area contributed by atoms with Gasteiger partial charge in [0.1, 0.15) is 11.5 Å². The first-order valence-corrected chi connectivity index (χ1v) is 7.20. The van der Waals surface area contributed by atoms with E-state index >= 15 is 0 Å². The van der Waals surface area contributed by atoms with Gasteiger partial charge in [-0.05, 0) is 37.7 Å². The van der Waals surface area contributed by atoms with Gasteiger partial charge in [-0.2, -0.15) is 14.9 Å². The van der Waals surface area contributed by atoms with Crippen molar-refractivity contribution in [2.24, 2.45) is 5.10 Å². The van der Waals surface area contributed by atoms with Gasteiger partial charge in [-0.15, -0.1) is 0 Å². The van der Waals surface area contributed by atoms with Gasteiger partial charge in [0.2, 0.25) is 4.77 Å². The van der Waals surface area contributed by atoms with Gasteiger partial charge >= 0.3 is 0 Å². The molecule has 0 aliphatic carbocycles. The molecule has 2 aromatic rings. The molecule has 2 unspecified atom stereocenters. The summed E-state index contributed by atoms with van der Waals surface area (Å²) < 4.78 is 1.88. The van der Waals surface area contributed by atoms with Crippen LogP contribution in [-0.2, 0) is 0 Å². The highest BCUT2D eigenvalue weighted by Crippen LogP contribution is 2.22. The second-order valence-corrected chi connectivity index (χ2v) is 5.55. The largest absolute Gasteiger partial charge is 0.508 e. The van der Waals surface area contributed by atoms with E-state index in [1.54, 1.807) is 6.07 Å². The topological polar surface area (TPSA) is 110 Å². The van der Waals surface area contributed by atoms with E-state index in [1.165, 1.54) is 23.0 Å². The Kier molecular flexibility index (Phi) is 3.92. The fraction of sp³-hybridized carbons (Fsp3) is 0.308. The van der Waals surface area contributed by atoms with Crippen LogP contribution >= 0.6 is 12.2 Å². The van der Waals surface area contributed by atoms with Crippen LogP contribution in [0, 0.1) is 4.77 Å². The Hall–Kier alpha value is -2.23. The summed E-state index contributed by atoms with van der Waals surface area (Å²) in [5, 5.41) is 30.3. The van der Waals surface area contributed by atoms with E-state index in [2.05, 4.69) is 33.1 Å². The van der Waals surface area contributed by atoms with Gasteiger partial charge in [0, 0.05) is 17.7 Å². The molecule has 1 fully saturated rings. The number of aromatic amines is 1. The molecule has 2 heterocycles. The molecule has 0 radical (unpaired) electrons. The van der Waals surface area contributed by atoms with Gasteiger partial charge in [-0.3, -0.25) is 10.5 Å². The smallest absolute Gasteiger partial charge is 0.216 e. The number of hydrogen-bond acceptors (Lipinski definition) is 7. The average molecular weight is 320 g/mol. The van der Waals surface area contributed by atoms with Crippen LogP contribution in [0.5, 0.6) is 11.5 Å². The van der Waals surface area contributed by atoms with Crippen LogP contribution in [0.1, 0.15) is 30.8 Å². The zero-order valence-electron chi connectivity index (χ0n) is 11.8. The van der Waals surface area contributed by atoms with Crippen LogP contribution in [-0.4, -0.2) is 37.3 Å². The van der Waals surface area contributed by atoms with Gasteiger partial charge in [0.25, 0.3) is 0 Å². The van der Waals surface area contributed by atoms with Gasteiger partial charge in [0.15, 0.2) is 5.82 Å². The van der Waals surface area contributed by atoms with Crippen LogP contribution in [0.2, 0.25) is 0 Å². The first-order chi connectivity index (χ1) is 10.5. The lowest BCUT2D eigenvalue weighted by Crippen LogP contribution is -2.29. The van der Waals surface area contributed by atoms with Crippen molar-refractivity contribution in [3.05, 3.63) is 34.4 Å². The normalized spacial score (nSPS) is 21.7. The van der Waals surface area contributed by atoms with Gasteiger partial charge < -0.3 is 10.2 Å². The number of nitrogens with one attached hydrogen (secondary N) is 3. The molecule has 1 aliphatic rings. The van der Waals surface area contributed by atoms with Crippen molar-refractivity contribution < 1.29 is 10.2 Å². The molecule has 1 aromatic heterocycles. The molecule has 3 rings (SSSR count). The predicted molar refractivity (Wildman–Crippen MR) is 83.3 cm³/mol. The molecule has 1 saturated heterocycles. The molecule has 8 nitrogen and oxygen atoms in total. The van der Waals surface area contributed by atoms with Crippen molar-refractivity contribution in [3.8, 4) is 11.5 Å².